The van der Waals surface area contributed by atoms with Crippen LogP contribution >= 0.6 is 11.6 Å². The summed E-state index contributed by atoms with van der Waals surface area (Å²) in [6.07, 6.45) is 4.45. The number of sulfone groups is 1. The lowest BCUT2D eigenvalue weighted by molar-refractivity contribution is 0.0988. The minimum atomic E-state index is -3.33. The van der Waals surface area contributed by atoms with Gasteiger partial charge in [0.1, 0.15) is 11.4 Å². The van der Waals surface area contributed by atoms with Crippen molar-refractivity contribution in [2.75, 3.05) is 18.2 Å². The largest absolute Gasteiger partial charge is 0.310 e. The molecule has 2 aromatic carbocycles. The predicted molar refractivity (Wildman–Crippen MR) is 116 cm³/mol. The van der Waals surface area contributed by atoms with Gasteiger partial charge in [-0.1, -0.05) is 23.7 Å². The quantitative estimate of drug-likeness (QED) is 0.482. The van der Waals surface area contributed by atoms with Crippen molar-refractivity contribution in [3.05, 3.63) is 77.7 Å². The van der Waals surface area contributed by atoms with Crippen LogP contribution in [0.1, 0.15) is 10.5 Å². The van der Waals surface area contributed by atoms with Crippen molar-refractivity contribution < 1.29 is 13.2 Å². The number of rotatable bonds is 4. The van der Waals surface area contributed by atoms with E-state index in [1.165, 1.54) is 17.0 Å². The lowest BCUT2D eigenvalue weighted by atomic mass is 10.1. The van der Waals surface area contributed by atoms with Gasteiger partial charge in [-0.3, -0.25) is 9.20 Å². The van der Waals surface area contributed by atoms with Crippen LogP contribution in [-0.2, 0) is 9.84 Å². The van der Waals surface area contributed by atoms with E-state index in [4.69, 9.17) is 11.6 Å². The lowest BCUT2D eigenvalue weighted by Crippen LogP contribution is -2.28. The molecule has 0 radical (unpaired) electrons. The van der Waals surface area contributed by atoms with Crippen molar-refractivity contribution in [3.63, 3.8) is 0 Å². The first kappa shape index (κ1) is 20.1. The third-order valence-electron chi connectivity index (χ3n) is 4.68. The number of imidazole rings is 1. The summed E-state index contributed by atoms with van der Waals surface area (Å²) in [4.78, 5) is 23.9. The van der Waals surface area contributed by atoms with Gasteiger partial charge in [0.25, 0.3) is 5.91 Å². The van der Waals surface area contributed by atoms with Crippen LogP contribution in [0.2, 0.25) is 5.02 Å². The van der Waals surface area contributed by atoms with Gasteiger partial charge in [0.05, 0.1) is 4.90 Å². The molecule has 152 valence electrons. The summed E-state index contributed by atoms with van der Waals surface area (Å²) in [7, 11) is -1.67. The number of halogens is 1. The first-order chi connectivity index (χ1) is 14.3. The topological polar surface area (TPSA) is 84.6 Å². The zero-order chi connectivity index (χ0) is 21.5. The molecule has 2 aromatic heterocycles. The van der Waals surface area contributed by atoms with Crippen LogP contribution in [0.25, 0.3) is 17.0 Å². The Labute approximate surface area is 178 Å². The molecule has 30 heavy (non-hydrogen) atoms. The van der Waals surface area contributed by atoms with E-state index < -0.39 is 9.84 Å². The van der Waals surface area contributed by atoms with Crippen LogP contribution in [0.4, 0.5) is 5.69 Å². The normalized spacial score (nSPS) is 11.6. The fourth-order valence-corrected chi connectivity index (χ4v) is 3.85. The van der Waals surface area contributed by atoms with Gasteiger partial charge in [0, 0.05) is 42.0 Å². The molecule has 4 rings (SSSR count). The van der Waals surface area contributed by atoms with Crippen molar-refractivity contribution in [3.8, 4) is 11.3 Å². The zero-order valence-corrected chi connectivity index (χ0v) is 17.7. The van der Waals surface area contributed by atoms with Gasteiger partial charge in [-0.15, -0.1) is 0 Å². The fraction of sp³-hybridized carbons (Fsp3) is 0.0952. The average Bonchev–Trinajstić information content (AvgIpc) is 3.12. The van der Waals surface area contributed by atoms with Gasteiger partial charge < -0.3 is 4.90 Å². The lowest BCUT2D eigenvalue weighted by Gasteiger charge is -2.18. The molecule has 2 heterocycles. The molecule has 0 atom stereocenters. The van der Waals surface area contributed by atoms with Crippen LogP contribution < -0.4 is 4.90 Å². The molecule has 4 aromatic rings. The summed E-state index contributed by atoms with van der Waals surface area (Å²) in [6, 6.07) is 14.9. The Morgan fingerprint density at radius 2 is 1.73 bits per heavy atom. The molecule has 0 N–H and O–H groups in total. The third-order valence-corrected chi connectivity index (χ3v) is 6.06. The SMILES string of the molecule is CN(C(=O)c1c(-c2ccc(S(C)(=O)=O)cc2)nc2ncccn12)c1ccc(Cl)cc1. The Hall–Kier alpha value is -3.23. The number of anilines is 1. The smallest absolute Gasteiger partial charge is 0.277 e. The van der Waals surface area contributed by atoms with Gasteiger partial charge in [-0.25, -0.2) is 18.4 Å². The van der Waals surface area contributed by atoms with Gasteiger partial charge in [0.15, 0.2) is 9.84 Å². The second kappa shape index (κ2) is 7.55. The van der Waals surface area contributed by atoms with Crippen molar-refractivity contribution in [1.29, 1.82) is 0 Å². The van der Waals surface area contributed by atoms with Crippen molar-refractivity contribution >= 4 is 38.8 Å². The molecule has 1 amide bonds. The minimum absolute atomic E-state index is 0.194. The highest BCUT2D eigenvalue weighted by Crippen LogP contribution is 2.28. The molecule has 9 heteroatoms. The number of hydrogen-bond acceptors (Lipinski definition) is 5. The van der Waals surface area contributed by atoms with E-state index in [0.29, 0.717) is 33.4 Å². The molecule has 0 spiro atoms. The number of aromatic nitrogens is 3. The maximum atomic E-state index is 13.4. The highest BCUT2D eigenvalue weighted by molar-refractivity contribution is 7.90. The molecule has 0 aliphatic heterocycles. The maximum absolute atomic E-state index is 13.4. The summed E-state index contributed by atoms with van der Waals surface area (Å²) >= 11 is 5.96. The maximum Gasteiger partial charge on any atom is 0.277 e. The second-order valence-electron chi connectivity index (χ2n) is 6.74. The van der Waals surface area contributed by atoms with E-state index in [2.05, 4.69) is 9.97 Å². The van der Waals surface area contributed by atoms with E-state index in [-0.39, 0.29) is 10.8 Å². The molecule has 0 aliphatic carbocycles. The summed E-state index contributed by atoms with van der Waals surface area (Å²) < 4.78 is 25.2. The van der Waals surface area contributed by atoms with Crippen molar-refractivity contribution in [2.24, 2.45) is 0 Å². The van der Waals surface area contributed by atoms with Crippen LogP contribution in [0, 0.1) is 0 Å². The van der Waals surface area contributed by atoms with E-state index in [1.54, 1.807) is 66.3 Å². The molecule has 0 saturated heterocycles. The third kappa shape index (κ3) is 3.67. The van der Waals surface area contributed by atoms with Crippen LogP contribution in [0.15, 0.2) is 71.9 Å². The monoisotopic (exact) mass is 440 g/mol. The molecule has 0 saturated carbocycles. The summed E-state index contributed by atoms with van der Waals surface area (Å²) in [6.45, 7) is 0. The van der Waals surface area contributed by atoms with Crippen LogP contribution in [0.5, 0.6) is 0 Å². The molecule has 0 aliphatic rings. The first-order valence-electron chi connectivity index (χ1n) is 8.93. The predicted octanol–water partition coefficient (Wildman–Crippen LogP) is 3.73. The number of carbonyl (C=O) groups is 1. The fourth-order valence-electron chi connectivity index (χ4n) is 3.09. The van der Waals surface area contributed by atoms with Crippen molar-refractivity contribution in [2.45, 2.75) is 4.90 Å². The average molecular weight is 441 g/mol. The second-order valence-corrected chi connectivity index (χ2v) is 9.19. The molecular formula is C21H17ClN4O3S. The van der Waals surface area contributed by atoms with E-state index in [1.807, 2.05) is 0 Å². The van der Waals surface area contributed by atoms with Gasteiger partial charge in [-0.2, -0.15) is 0 Å². The minimum Gasteiger partial charge on any atom is -0.310 e. The number of hydrogen-bond donors (Lipinski definition) is 0. The Morgan fingerprint density at radius 3 is 2.37 bits per heavy atom. The van der Waals surface area contributed by atoms with E-state index in [9.17, 15) is 13.2 Å². The van der Waals surface area contributed by atoms with Gasteiger partial charge >= 0.3 is 0 Å². The number of fused-ring (bicyclic) bond motifs is 1. The molecular weight excluding hydrogens is 424 g/mol. The molecule has 0 unspecified atom stereocenters. The Bertz CT molecular complexity index is 1350. The Kier molecular flexibility index (Phi) is 5.05. The molecule has 0 fully saturated rings. The summed E-state index contributed by atoms with van der Waals surface area (Å²) in [5, 5.41) is 0.574. The zero-order valence-electron chi connectivity index (χ0n) is 16.2. The number of carbonyl (C=O) groups excluding carboxylic acids is 1. The molecule has 7 nitrogen and oxygen atoms in total. The van der Waals surface area contributed by atoms with Crippen LogP contribution in [0.3, 0.4) is 0 Å². The number of amides is 1. The first-order valence-corrected chi connectivity index (χ1v) is 11.2. The summed E-state index contributed by atoms with van der Waals surface area (Å²) in [5.74, 6) is 0.0764. The summed E-state index contributed by atoms with van der Waals surface area (Å²) in [5.41, 5.74) is 2.02. The number of benzene rings is 2. The molecule has 0 bridgehead atoms. The van der Waals surface area contributed by atoms with Gasteiger partial charge in [-0.05, 0) is 42.5 Å². The van der Waals surface area contributed by atoms with Crippen LogP contribution in [-0.4, -0.2) is 42.0 Å². The highest BCUT2D eigenvalue weighted by atomic mass is 35.5. The standard InChI is InChI=1S/C21H17ClN4O3S/c1-25(16-8-6-15(22)7-9-16)20(27)19-18(24-21-23-12-3-13-26(19)21)14-4-10-17(11-5-14)30(2,28)29/h3-13H,1-2H3. The Morgan fingerprint density at radius 1 is 1.07 bits per heavy atom. The van der Waals surface area contributed by atoms with Gasteiger partial charge in [0.2, 0.25) is 5.78 Å². The van der Waals surface area contributed by atoms with E-state index >= 15 is 0 Å². The Balaban J connectivity index is 1.85. The van der Waals surface area contributed by atoms with Crippen molar-refractivity contribution in [1.82, 2.24) is 14.4 Å². The highest BCUT2D eigenvalue weighted by Gasteiger charge is 2.25. The van der Waals surface area contributed by atoms with E-state index in [0.717, 1.165) is 6.26 Å². The number of nitrogens with zero attached hydrogens (tertiary/aromatic N) is 4.